The van der Waals surface area contributed by atoms with Gasteiger partial charge in [0.1, 0.15) is 5.75 Å². The maximum absolute atomic E-state index is 8.93. The maximum Gasteiger partial charge on any atom is 0.257 e. The van der Waals surface area contributed by atoms with Crippen molar-refractivity contribution in [1.29, 1.82) is 0 Å². The van der Waals surface area contributed by atoms with Crippen LogP contribution in [0.4, 0.5) is 0 Å². The van der Waals surface area contributed by atoms with E-state index in [1.165, 1.54) is 0 Å². The minimum Gasteiger partial charge on any atom is -0.493 e. The molecule has 0 aliphatic carbocycles. The lowest BCUT2D eigenvalue weighted by molar-refractivity contribution is 0.260. The topological polar surface area (TPSA) is 94.4 Å². The summed E-state index contributed by atoms with van der Waals surface area (Å²) in [6.07, 6.45) is 0.889. The number of nitrogens with zero attached hydrogens (tertiary/aromatic N) is 2. The van der Waals surface area contributed by atoms with Crippen LogP contribution in [0.15, 0.2) is 22.7 Å². The lowest BCUT2D eigenvalue weighted by Crippen LogP contribution is -2.15. The Morgan fingerprint density at radius 1 is 1.44 bits per heavy atom. The average Bonchev–Trinajstić information content (AvgIpc) is 3.05. The molecule has 6 nitrogen and oxygen atoms in total. The van der Waals surface area contributed by atoms with Crippen LogP contribution < -0.4 is 10.5 Å². The highest BCUT2D eigenvalue weighted by Crippen LogP contribution is 2.29. The first-order valence-corrected chi connectivity index (χ1v) is 5.74. The number of aliphatic hydroxyl groups excluding tert-OH is 1. The second kappa shape index (κ2) is 4.40. The minimum absolute atomic E-state index is 0.211. The molecule has 94 valence electrons. The quantitative estimate of drug-likeness (QED) is 0.827. The van der Waals surface area contributed by atoms with Gasteiger partial charge in [-0.1, -0.05) is 5.16 Å². The highest BCUT2D eigenvalue weighted by molar-refractivity contribution is 5.58. The zero-order valence-electron chi connectivity index (χ0n) is 9.67. The first-order chi connectivity index (χ1) is 8.78. The first-order valence-electron chi connectivity index (χ1n) is 5.74. The summed E-state index contributed by atoms with van der Waals surface area (Å²) in [5, 5.41) is 12.7. The second-order valence-electron chi connectivity index (χ2n) is 4.17. The van der Waals surface area contributed by atoms with Crippen LogP contribution in [-0.4, -0.2) is 28.5 Å². The van der Waals surface area contributed by atoms with Crippen LogP contribution in [0, 0.1) is 0 Å². The Hall–Kier alpha value is -1.92. The summed E-state index contributed by atoms with van der Waals surface area (Å²) in [5.74, 6) is 1.62. The van der Waals surface area contributed by atoms with Crippen LogP contribution in [0.25, 0.3) is 11.5 Å². The van der Waals surface area contributed by atoms with E-state index in [-0.39, 0.29) is 6.61 Å². The van der Waals surface area contributed by atoms with Gasteiger partial charge in [-0.2, -0.15) is 4.98 Å². The van der Waals surface area contributed by atoms with E-state index in [0.717, 1.165) is 23.3 Å². The minimum atomic E-state index is -0.611. The lowest BCUT2D eigenvalue weighted by Gasteiger charge is -2.00. The van der Waals surface area contributed by atoms with Gasteiger partial charge in [-0.15, -0.1) is 0 Å². The SMILES string of the molecule is NC(CO)c1noc(-c2ccc3c(c2)CCO3)n1. The Morgan fingerprint density at radius 2 is 2.33 bits per heavy atom. The summed E-state index contributed by atoms with van der Waals surface area (Å²) in [4.78, 5) is 4.17. The van der Waals surface area contributed by atoms with Gasteiger partial charge in [0.2, 0.25) is 0 Å². The summed E-state index contributed by atoms with van der Waals surface area (Å²) in [6, 6.07) is 5.13. The molecule has 3 rings (SSSR count). The van der Waals surface area contributed by atoms with E-state index in [1.54, 1.807) is 0 Å². The summed E-state index contributed by atoms with van der Waals surface area (Å²) < 4.78 is 10.6. The normalized spacial score (nSPS) is 15.2. The molecule has 2 heterocycles. The lowest BCUT2D eigenvalue weighted by atomic mass is 10.1. The van der Waals surface area contributed by atoms with Crippen LogP contribution in [-0.2, 0) is 6.42 Å². The zero-order valence-corrected chi connectivity index (χ0v) is 9.67. The van der Waals surface area contributed by atoms with Gasteiger partial charge in [0.25, 0.3) is 5.89 Å². The Labute approximate surface area is 103 Å². The smallest absolute Gasteiger partial charge is 0.257 e. The fourth-order valence-corrected chi connectivity index (χ4v) is 1.90. The number of hydrogen-bond acceptors (Lipinski definition) is 6. The van der Waals surface area contributed by atoms with Gasteiger partial charge in [0, 0.05) is 12.0 Å². The first kappa shape index (κ1) is 11.2. The largest absolute Gasteiger partial charge is 0.493 e. The Kier molecular flexibility index (Phi) is 2.73. The molecule has 1 aromatic heterocycles. The van der Waals surface area contributed by atoms with Gasteiger partial charge in [-0.3, -0.25) is 0 Å². The molecule has 6 heteroatoms. The predicted molar refractivity (Wildman–Crippen MR) is 62.9 cm³/mol. The van der Waals surface area contributed by atoms with Crippen molar-refractivity contribution in [3.05, 3.63) is 29.6 Å². The molecule has 0 fully saturated rings. The number of aromatic nitrogens is 2. The molecule has 1 aliphatic heterocycles. The summed E-state index contributed by atoms with van der Waals surface area (Å²) in [6.45, 7) is 0.500. The summed E-state index contributed by atoms with van der Waals surface area (Å²) >= 11 is 0. The van der Waals surface area contributed by atoms with Gasteiger partial charge < -0.3 is 20.1 Å². The molecule has 0 spiro atoms. The summed E-state index contributed by atoms with van der Waals surface area (Å²) in [5.41, 5.74) is 7.59. The van der Waals surface area contributed by atoms with Crippen molar-refractivity contribution in [2.24, 2.45) is 5.73 Å². The highest BCUT2D eigenvalue weighted by atomic mass is 16.5. The molecule has 18 heavy (non-hydrogen) atoms. The van der Waals surface area contributed by atoms with Gasteiger partial charge in [0.05, 0.1) is 19.3 Å². The Morgan fingerprint density at radius 3 is 3.17 bits per heavy atom. The second-order valence-corrected chi connectivity index (χ2v) is 4.17. The Balaban J connectivity index is 1.92. The van der Waals surface area contributed by atoms with Crippen molar-refractivity contribution in [2.75, 3.05) is 13.2 Å². The molecule has 0 saturated heterocycles. The fraction of sp³-hybridized carbons (Fsp3) is 0.333. The molecule has 1 aliphatic rings. The molecule has 3 N–H and O–H groups in total. The summed E-state index contributed by atoms with van der Waals surface area (Å²) in [7, 11) is 0. The van der Waals surface area contributed by atoms with Crippen LogP contribution in [0.5, 0.6) is 5.75 Å². The molecule has 2 aromatic rings. The van der Waals surface area contributed by atoms with Crippen LogP contribution >= 0.6 is 0 Å². The van der Waals surface area contributed by atoms with E-state index in [1.807, 2.05) is 18.2 Å². The molecule has 0 amide bonds. The van der Waals surface area contributed by atoms with Crippen molar-refractivity contribution in [1.82, 2.24) is 10.1 Å². The van der Waals surface area contributed by atoms with E-state index in [0.29, 0.717) is 18.3 Å². The van der Waals surface area contributed by atoms with Crippen molar-refractivity contribution < 1.29 is 14.4 Å². The standard InChI is InChI=1S/C12H13N3O3/c13-9(6-16)11-14-12(18-15-11)8-1-2-10-7(5-8)3-4-17-10/h1-2,5,9,16H,3-4,6,13H2. The molecule has 1 atom stereocenters. The van der Waals surface area contributed by atoms with E-state index < -0.39 is 6.04 Å². The number of nitrogens with two attached hydrogens (primary N) is 1. The van der Waals surface area contributed by atoms with E-state index >= 15 is 0 Å². The number of fused-ring (bicyclic) bond motifs is 1. The zero-order chi connectivity index (χ0) is 12.5. The molecular formula is C12H13N3O3. The third kappa shape index (κ3) is 1.85. The van der Waals surface area contributed by atoms with E-state index in [2.05, 4.69) is 10.1 Å². The van der Waals surface area contributed by atoms with Gasteiger partial charge >= 0.3 is 0 Å². The van der Waals surface area contributed by atoms with Gasteiger partial charge in [-0.05, 0) is 23.8 Å². The van der Waals surface area contributed by atoms with Crippen molar-refractivity contribution in [3.8, 4) is 17.2 Å². The molecule has 1 unspecified atom stereocenters. The molecule has 0 radical (unpaired) electrons. The number of benzene rings is 1. The van der Waals surface area contributed by atoms with Crippen molar-refractivity contribution in [2.45, 2.75) is 12.5 Å². The van der Waals surface area contributed by atoms with Crippen molar-refractivity contribution >= 4 is 0 Å². The fourth-order valence-electron chi connectivity index (χ4n) is 1.90. The number of aliphatic hydroxyl groups is 1. The van der Waals surface area contributed by atoms with Crippen LogP contribution in [0.3, 0.4) is 0 Å². The molecule has 0 saturated carbocycles. The van der Waals surface area contributed by atoms with Gasteiger partial charge in [0.15, 0.2) is 5.82 Å². The molecule has 1 aromatic carbocycles. The third-order valence-corrected chi connectivity index (χ3v) is 2.91. The van der Waals surface area contributed by atoms with Gasteiger partial charge in [-0.25, -0.2) is 0 Å². The third-order valence-electron chi connectivity index (χ3n) is 2.91. The highest BCUT2D eigenvalue weighted by Gasteiger charge is 2.17. The predicted octanol–water partition coefficient (Wildman–Crippen LogP) is 0.664. The molecular weight excluding hydrogens is 234 g/mol. The van der Waals surface area contributed by atoms with Crippen molar-refractivity contribution in [3.63, 3.8) is 0 Å². The van der Waals surface area contributed by atoms with Crippen LogP contribution in [0.2, 0.25) is 0 Å². The number of ether oxygens (including phenoxy) is 1. The maximum atomic E-state index is 8.93. The number of rotatable bonds is 3. The Bertz CT molecular complexity index is 567. The average molecular weight is 247 g/mol. The van der Waals surface area contributed by atoms with Crippen LogP contribution in [0.1, 0.15) is 17.4 Å². The number of hydrogen-bond donors (Lipinski definition) is 2. The van der Waals surface area contributed by atoms with E-state index in [4.69, 9.17) is 20.1 Å². The van der Waals surface area contributed by atoms with E-state index in [9.17, 15) is 0 Å². The monoisotopic (exact) mass is 247 g/mol. The molecule has 0 bridgehead atoms.